The van der Waals surface area contributed by atoms with E-state index in [-0.39, 0.29) is 17.4 Å². The molecule has 1 heterocycles. The Morgan fingerprint density at radius 2 is 2.20 bits per heavy atom. The Morgan fingerprint density at radius 3 is 2.75 bits per heavy atom. The summed E-state index contributed by atoms with van der Waals surface area (Å²) >= 11 is 0. The monoisotopic (exact) mass is 304 g/mol. The molecule has 0 radical (unpaired) electrons. The highest BCUT2D eigenvalue weighted by atomic mass is 32.2. The van der Waals surface area contributed by atoms with E-state index in [0.29, 0.717) is 25.4 Å². The number of aryl methyl sites for hydroxylation is 1. The number of nitrogens with zero attached hydrogens (tertiary/aromatic N) is 1. The summed E-state index contributed by atoms with van der Waals surface area (Å²) < 4.78 is 33.7. The smallest absolute Gasteiger partial charge is 0.242 e. The first kappa shape index (κ1) is 17.2. The minimum atomic E-state index is -3.54. The summed E-state index contributed by atoms with van der Waals surface area (Å²) in [6, 6.07) is 1.51. The van der Waals surface area contributed by atoms with E-state index in [0.717, 1.165) is 6.42 Å². The second kappa shape index (κ2) is 7.78. The summed E-state index contributed by atoms with van der Waals surface area (Å²) in [5.41, 5.74) is 0.608. The van der Waals surface area contributed by atoms with Crippen LogP contribution in [0.25, 0.3) is 0 Å². The normalized spacial score (nSPS) is 13.6. The highest BCUT2D eigenvalue weighted by Gasteiger charge is 2.18. The van der Waals surface area contributed by atoms with Crippen molar-refractivity contribution in [3.63, 3.8) is 0 Å². The topological polar surface area (TPSA) is 80.6 Å². The molecular formula is C13H24N2O4S. The maximum atomic E-state index is 12.2. The van der Waals surface area contributed by atoms with Crippen molar-refractivity contribution >= 4 is 10.0 Å². The second-order valence-corrected chi connectivity index (χ2v) is 6.70. The molecule has 0 saturated carbocycles. The Labute approximate surface area is 120 Å². The van der Waals surface area contributed by atoms with E-state index in [4.69, 9.17) is 4.74 Å². The van der Waals surface area contributed by atoms with Crippen molar-refractivity contribution in [3.05, 3.63) is 18.0 Å². The Morgan fingerprint density at radius 1 is 1.50 bits per heavy atom. The average Bonchev–Trinajstić information content (AvgIpc) is 2.81. The molecule has 0 aliphatic carbocycles. The lowest BCUT2D eigenvalue weighted by atomic mass is 10.2. The quantitative estimate of drug-likeness (QED) is 0.712. The van der Waals surface area contributed by atoms with Crippen LogP contribution in [0.1, 0.15) is 26.0 Å². The van der Waals surface area contributed by atoms with E-state index in [9.17, 15) is 13.5 Å². The van der Waals surface area contributed by atoms with Gasteiger partial charge in [0.1, 0.15) is 0 Å². The number of aliphatic hydroxyl groups is 1. The molecule has 1 aromatic heterocycles. The van der Waals surface area contributed by atoms with Gasteiger partial charge in [0.2, 0.25) is 10.0 Å². The summed E-state index contributed by atoms with van der Waals surface area (Å²) in [7, 11) is -1.95. The lowest BCUT2D eigenvalue weighted by Gasteiger charge is -2.11. The van der Waals surface area contributed by atoms with Gasteiger partial charge >= 0.3 is 0 Å². The number of aliphatic hydroxyl groups excluding tert-OH is 1. The van der Waals surface area contributed by atoms with Gasteiger partial charge in [0.25, 0.3) is 0 Å². The van der Waals surface area contributed by atoms with Crippen molar-refractivity contribution in [1.29, 1.82) is 0 Å². The van der Waals surface area contributed by atoms with Gasteiger partial charge in [0.15, 0.2) is 0 Å². The number of nitrogens with one attached hydrogen (secondary N) is 1. The first-order valence-corrected chi connectivity index (χ1v) is 8.21. The lowest BCUT2D eigenvalue weighted by Crippen LogP contribution is -2.29. The van der Waals surface area contributed by atoms with Crippen molar-refractivity contribution < 1.29 is 18.3 Å². The lowest BCUT2D eigenvalue weighted by molar-refractivity contribution is 0.161. The standard InChI is InChI=1S/C13H24N2O4S/c1-4-5-15-8-13(6-12(15)9-16)20(17,18)14-7-11(2)10-19-3/h6,8,11,14,16H,4-5,7,9-10H2,1-3H3. The highest BCUT2D eigenvalue weighted by molar-refractivity contribution is 7.89. The van der Waals surface area contributed by atoms with E-state index in [2.05, 4.69) is 4.72 Å². The molecule has 1 aromatic rings. The first-order chi connectivity index (χ1) is 9.44. The number of aromatic nitrogens is 1. The first-order valence-electron chi connectivity index (χ1n) is 6.73. The van der Waals surface area contributed by atoms with Gasteiger partial charge in [-0.05, 0) is 18.4 Å². The molecule has 1 unspecified atom stereocenters. The van der Waals surface area contributed by atoms with Crippen LogP contribution in [-0.2, 0) is 27.9 Å². The molecule has 1 atom stereocenters. The van der Waals surface area contributed by atoms with E-state index in [1.807, 2.05) is 13.8 Å². The van der Waals surface area contributed by atoms with E-state index in [1.54, 1.807) is 17.9 Å². The zero-order valence-corrected chi connectivity index (χ0v) is 13.1. The summed E-state index contributed by atoms with van der Waals surface area (Å²) in [4.78, 5) is 0.194. The van der Waals surface area contributed by atoms with Crippen molar-refractivity contribution in [2.24, 2.45) is 5.92 Å². The summed E-state index contributed by atoms with van der Waals surface area (Å²) in [5, 5.41) is 9.26. The van der Waals surface area contributed by atoms with Crippen LogP contribution in [-0.4, -0.2) is 38.4 Å². The SMILES string of the molecule is CCCn1cc(S(=O)(=O)NCC(C)COC)cc1CO. The Hall–Kier alpha value is -0.890. The molecule has 0 aromatic carbocycles. The number of ether oxygens (including phenoxy) is 1. The number of methoxy groups -OCH3 is 1. The highest BCUT2D eigenvalue weighted by Crippen LogP contribution is 2.15. The molecule has 1 rings (SSSR count). The van der Waals surface area contributed by atoms with Crippen molar-refractivity contribution in [2.75, 3.05) is 20.3 Å². The molecular weight excluding hydrogens is 280 g/mol. The van der Waals surface area contributed by atoms with E-state index < -0.39 is 10.0 Å². The Bertz CT molecular complexity index is 510. The van der Waals surface area contributed by atoms with Crippen LogP contribution in [0.4, 0.5) is 0 Å². The molecule has 0 aliphatic heterocycles. The van der Waals surface area contributed by atoms with E-state index in [1.165, 1.54) is 6.07 Å². The molecule has 0 amide bonds. The molecule has 0 aliphatic rings. The van der Waals surface area contributed by atoms with E-state index >= 15 is 0 Å². The molecule has 6 nitrogen and oxygen atoms in total. The number of hydrogen-bond acceptors (Lipinski definition) is 4. The fraction of sp³-hybridized carbons (Fsp3) is 0.692. The molecule has 0 fully saturated rings. The van der Waals surface area contributed by atoms with Gasteiger partial charge in [-0.3, -0.25) is 0 Å². The number of rotatable bonds is 9. The van der Waals surface area contributed by atoms with Crippen LogP contribution < -0.4 is 4.72 Å². The minimum absolute atomic E-state index is 0.102. The maximum absolute atomic E-state index is 12.2. The van der Waals surface area contributed by atoms with Crippen molar-refractivity contribution in [2.45, 2.75) is 38.3 Å². The minimum Gasteiger partial charge on any atom is -0.390 e. The zero-order valence-electron chi connectivity index (χ0n) is 12.3. The molecule has 2 N–H and O–H groups in total. The van der Waals surface area contributed by atoms with Gasteiger partial charge in [-0.15, -0.1) is 0 Å². The maximum Gasteiger partial charge on any atom is 0.242 e. The van der Waals surface area contributed by atoms with Crippen molar-refractivity contribution in [1.82, 2.24) is 9.29 Å². The zero-order chi connectivity index (χ0) is 15.2. The van der Waals surface area contributed by atoms with Crippen LogP contribution in [0.3, 0.4) is 0 Å². The van der Waals surface area contributed by atoms with Crippen LogP contribution in [0.15, 0.2) is 17.2 Å². The molecule has 7 heteroatoms. The predicted molar refractivity (Wildman–Crippen MR) is 76.9 cm³/mol. The predicted octanol–water partition coefficient (Wildman–Crippen LogP) is 0.951. The second-order valence-electron chi connectivity index (χ2n) is 4.93. The van der Waals surface area contributed by atoms with Gasteiger partial charge in [-0.1, -0.05) is 13.8 Å². The van der Waals surface area contributed by atoms with Crippen LogP contribution in [0.2, 0.25) is 0 Å². The third kappa shape index (κ3) is 4.59. The summed E-state index contributed by atoms with van der Waals surface area (Å²) in [5.74, 6) is 0.102. The van der Waals surface area contributed by atoms with Gasteiger partial charge < -0.3 is 14.4 Å². The third-order valence-electron chi connectivity index (χ3n) is 2.97. The fourth-order valence-corrected chi connectivity index (χ4v) is 3.16. The van der Waals surface area contributed by atoms with Gasteiger partial charge in [0.05, 0.1) is 11.5 Å². The molecule has 0 spiro atoms. The number of hydrogen-bond donors (Lipinski definition) is 2. The molecule has 116 valence electrons. The van der Waals surface area contributed by atoms with Gasteiger partial charge in [0, 0.05) is 38.7 Å². The average molecular weight is 304 g/mol. The van der Waals surface area contributed by atoms with Crippen LogP contribution in [0, 0.1) is 5.92 Å². The Balaban J connectivity index is 2.81. The molecule has 20 heavy (non-hydrogen) atoms. The van der Waals surface area contributed by atoms with Crippen molar-refractivity contribution in [3.8, 4) is 0 Å². The van der Waals surface area contributed by atoms with Crippen LogP contribution >= 0.6 is 0 Å². The fourth-order valence-electron chi connectivity index (χ4n) is 1.93. The van der Waals surface area contributed by atoms with Gasteiger partial charge in [-0.2, -0.15) is 0 Å². The van der Waals surface area contributed by atoms with Gasteiger partial charge in [-0.25, -0.2) is 13.1 Å². The Kier molecular flexibility index (Phi) is 6.67. The largest absolute Gasteiger partial charge is 0.390 e. The number of sulfonamides is 1. The summed E-state index contributed by atoms with van der Waals surface area (Å²) in [6.45, 7) is 5.25. The molecule has 0 bridgehead atoms. The summed E-state index contributed by atoms with van der Waals surface area (Å²) in [6.07, 6.45) is 2.44. The van der Waals surface area contributed by atoms with Crippen LogP contribution in [0.5, 0.6) is 0 Å². The third-order valence-corrected chi connectivity index (χ3v) is 4.36. The molecule has 0 saturated heterocycles.